The molecule has 1 aromatic rings. The summed E-state index contributed by atoms with van der Waals surface area (Å²) in [6.07, 6.45) is 4.56. The minimum absolute atomic E-state index is 0.0312. The molecule has 0 spiro atoms. The number of hydrogen-bond donors (Lipinski definition) is 1. The first-order valence-electron chi connectivity index (χ1n) is 9.90. The van der Waals surface area contributed by atoms with E-state index in [9.17, 15) is 15.8 Å². The Morgan fingerprint density at radius 1 is 1.14 bits per heavy atom. The first kappa shape index (κ1) is 20.3. The Labute approximate surface area is 171 Å². The predicted octanol–water partition coefficient (Wildman–Crippen LogP) is 4.08. The summed E-state index contributed by atoms with van der Waals surface area (Å²) in [5, 5.41) is 30.0. The van der Waals surface area contributed by atoms with E-state index in [2.05, 4.69) is 18.2 Å². The van der Waals surface area contributed by atoms with E-state index in [1.165, 1.54) is 0 Å². The van der Waals surface area contributed by atoms with Gasteiger partial charge >= 0.3 is 0 Å². The Hall–Kier alpha value is -3.43. The maximum absolute atomic E-state index is 10.2. The van der Waals surface area contributed by atoms with Gasteiger partial charge in [-0.2, -0.15) is 15.8 Å². The minimum Gasteiger partial charge on any atom is -0.494 e. The van der Waals surface area contributed by atoms with Crippen LogP contribution < -0.4 is 15.2 Å². The van der Waals surface area contributed by atoms with Gasteiger partial charge in [-0.1, -0.05) is 6.08 Å². The fraction of sp³-hybridized carbons (Fsp3) is 0.435. The smallest absolute Gasteiger partial charge is 0.191 e. The van der Waals surface area contributed by atoms with Crippen molar-refractivity contribution in [2.45, 2.75) is 39.0 Å². The monoisotopic (exact) mass is 388 g/mol. The van der Waals surface area contributed by atoms with Gasteiger partial charge in [0.05, 0.1) is 36.6 Å². The van der Waals surface area contributed by atoms with Crippen LogP contribution in [-0.4, -0.2) is 13.2 Å². The first-order valence-corrected chi connectivity index (χ1v) is 9.90. The van der Waals surface area contributed by atoms with Gasteiger partial charge in [0.15, 0.2) is 5.41 Å². The third-order valence-electron chi connectivity index (χ3n) is 5.73. The molecule has 0 radical (unpaired) electrons. The lowest BCUT2D eigenvalue weighted by Crippen LogP contribution is -2.42. The SMILES string of the molecule is CCOc1ccc(OCC)c(C2C3CCCC=C3C(C#N)=C(N)C2(C#N)C#N)c1. The standard InChI is InChI=1S/C23H24N4O2/c1-3-28-15-9-10-20(29-4-2)18(11-15)21-17-8-6-5-7-16(17)19(12-24)22(27)23(21,13-25)14-26/h7,9-11,17,21H,3-6,8,27H2,1-2H3. The zero-order valence-electron chi connectivity index (χ0n) is 16.7. The quantitative estimate of drug-likeness (QED) is 0.812. The number of allylic oxidation sites excluding steroid dienone is 4. The minimum atomic E-state index is -1.65. The lowest BCUT2D eigenvalue weighted by molar-refractivity contribution is 0.288. The average molecular weight is 388 g/mol. The van der Waals surface area contributed by atoms with Crippen LogP contribution in [0.2, 0.25) is 0 Å². The second kappa shape index (κ2) is 8.29. The molecule has 2 N–H and O–H groups in total. The van der Waals surface area contributed by atoms with E-state index in [4.69, 9.17) is 15.2 Å². The van der Waals surface area contributed by atoms with Crippen LogP contribution in [0.3, 0.4) is 0 Å². The highest BCUT2D eigenvalue weighted by Crippen LogP contribution is 2.57. The molecule has 0 fully saturated rings. The zero-order valence-corrected chi connectivity index (χ0v) is 16.7. The van der Waals surface area contributed by atoms with E-state index in [0.29, 0.717) is 24.7 Å². The summed E-state index contributed by atoms with van der Waals surface area (Å²) < 4.78 is 11.5. The average Bonchev–Trinajstić information content (AvgIpc) is 2.74. The zero-order chi connectivity index (χ0) is 21.0. The van der Waals surface area contributed by atoms with Crippen molar-refractivity contribution in [2.24, 2.45) is 17.1 Å². The molecule has 0 aliphatic heterocycles. The molecule has 0 saturated heterocycles. The molecule has 2 aliphatic rings. The van der Waals surface area contributed by atoms with Crippen LogP contribution >= 0.6 is 0 Å². The molecule has 2 unspecified atom stereocenters. The molecule has 6 nitrogen and oxygen atoms in total. The number of fused-ring (bicyclic) bond motifs is 1. The van der Waals surface area contributed by atoms with Crippen LogP contribution in [0.25, 0.3) is 0 Å². The number of nitrogens with zero attached hydrogens (tertiary/aromatic N) is 3. The van der Waals surface area contributed by atoms with Crippen LogP contribution in [0, 0.1) is 45.3 Å². The first-order chi connectivity index (χ1) is 14.1. The van der Waals surface area contributed by atoms with Crippen molar-refractivity contribution in [3.8, 4) is 29.7 Å². The largest absolute Gasteiger partial charge is 0.494 e. The molecule has 2 atom stereocenters. The van der Waals surface area contributed by atoms with Crippen LogP contribution in [0.1, 0.15) is 44.6 Å². The molecular weight excluding hydrogens is 364 g/mol. The van der Waals surface area contributed by atoms with Gasteiger partial charge in [-0.05, 0) is 62.8 Å². The highest BCUT2D eigenvalue weighted by molar-refractivity contribution is 5.61. The summed E-state index contributed by atoms with van der Waals surface area (Å²) in [5.41, 5.74) is 6.56. The van der Waals surface area contributed by atoms with Crippen molar-refractivity contribution in [2.75, 3.05) is 13.2 Å². The van der Waals surface area contributed by atoms with Crippen LogP contribution in [0.15, 0.2) is 41.1 Å². The summed E-state index contributed by atoms with van der Waals surface area (Å²) in [6, 6.07) is 12.0. The summed E-state index contributed by atoms with van der Waals surface area (Å²) in [7, 11) is 0. The molecule has 0 saturated carbocycles. The van der Waals surface area contributed by atoms with Gasteiger partial charge in [-0.25, -0.2) is 0 Å². The Morgan fingerprint density at radius 3 is 2.48 bits per heavy atom. The number of nitriles is 3. The number of hydrogen-bond acceptors (Lipinski definition) is 6. The molecular formula is C23H24N4O2. The highest BCUT2D eigenvalue weighted by atomic mass is 16.5. The van der Waals surface area contributed by atoms with E-state index in [1.807, 2.05) is 38.1 Å². The molecule has 6 heteroatoms. The van der Waals surface area contributed by atoms with Gasteiger partial charge in [0.2, 0.25) is 0 Å². The van der Waals surface area contributed by atoms with E-state index < -0.39 is 11.3 Å². The van der Waals surface area contributed by atoms with Gasteiger partial charge in [0, 0.05) is 11.5 Å². The maximum atomic E-state index is 10.2. The van der Waals surface area contributed by atoms with E-state index in [0.717, 1.165) is 30.4 Å². The van der Waals surface area contributed by atoms with E-state index in [1.54, 1.807) is 0 Å². The van der Waals surface area contributed by atoms with Crippen molar-refractivity contribution >= 4 is 0 Å². The molecule has 1 aromatic carbocycles. The van der Waals surface area contributed by atoms with Gasteiger partial charge in [0.25, 0.3) is 0 Å². The van der Waals surface area contributed by atoms with E-state index >= 15 is 0 Å². The van der Waals surface area contributed by atoms with Gasteiger partial charge in [0.1, 0.15) is 17.6 Å². The van der Waals surface area contributed by atoms with E-state index in [-0.39, 0.29) is 17.2 Å². The second-order valence-corrected chi connectivity index (χ2v) is 7.17. The Balaban J connectivity index is 2.33. The molecule has 3 rings (SSSR count). The fourth-order valence-corrected chi connectivity index (χ4v) is 4.53. The third kappa shape index (κ3) is 3.20. The van der Waals surface area contributed by atoms with Crippen molar-refractivity contribution in [1.82, 2.24) is 0 Å². The van der Waals surface area contributed by atoms with Crippen molar-refractivity contribution in [3.05, 3.63) is 46.7 Å². The van der Waals surface area contributed by atoms with Crippen LogP contribution in [0.4, 0.5) is 0 Å². The molecule has 0 bridgehead atoms. The van der Waals surface area contributed by atoms with Gasteiger partial charge < -0.3 is 15.2 Å². The molecule has 0 aromatic heterocycles. The summed E-state index contributed by atoms with van der Waals surface area (Å²) >= 11 is 0. The summed E-state index contributed by atoms with van der Waals surface area (Å²) in [6.45, 7) is 4.72. The topological polar surface area (TPSA) is 116 Å². The lowest BCUT2D eigenvalue weighted by Gasteiger charge is -2.43. The van der Waals surface area contributed by atoms with Crippen molar-refractivity contribution in [3.63, 3.8) is 0 Å². The molecule has 29 heavy (non-hydrogen) atoms. The molecule has 148 valence electrons. The van der Waals surface area contributed by atoms with Crippen LogP contribution in [-0.2, 0) is 0 Å². The third-order valence-corrected chi connectivity index (χ3v) is 5.73. The highest BCUT2D eigenvalue weighted by Gasteiger charge is 2.54. The van der Waals surface area contributed by atoms with Crippen molar-refractivity contribution < 1.29 is 9.47 Å². The molecule has 0 amide bonds. The molecule has 0 heterocycles. The Kier molecular flexibility index (Phi) is 5.81. The predicted molar refractivity (Wildman–Crippen MR) is 107 cm³/mol. The Morgan fingerprint density at radius 2 is 1.86 bits per heavy atom. The maximum Gasteiger partial charge on any atom is 0.191 e. The number of rotatable bonds is 5. The second-order valence-electron chi connectivity index (χ2n) is 7.17. The molecule has 2 aliphatic carbocycles. The summed E-state index contributed by atoms with van der Waals surface area (Å²) in [5.74, 6) is 0.531. The van der Waals surface area contributed by atoms with Gasteiger partial charge in [-0.3, -0.25) is 0 Å². The van der Waals surface area contributed by atoms with Crippen molar-refractivity contribution in [1.29, 1.82) is 15.8 Å². The van der Waals surface area contributed by atoms with Gasteiger partial charge in [-0.15, -0.1) is 0 Å². The number of ether oxygens (including phenoxy) is 2. The summed E-state index contributed by atoms with van der Waals surface area (Å²) in [4.78, 5) is 0. The fourth-order valence-electron chi connectivity index (χ4n) is 4.53. The lowest BCUT2D eigenvalue weighted by atomic mass is 9.56. The number of benzene rings is 1. The normalized spacial score (nSPS) is 22.4. The number of nitrogens with two attached hydrogens (primary N) is 1. The Bertz CT molecular complexity index is 974. The van der Waals surface area contributed by atoms with Crippen LogP contribution in [0.5, 0.6) is 11.5 Å².